The van der Waals surface area contributed by atoms with E-state index >= 15 is 0 Å². The summed E-state index contributed by atoms with van der Waals surface area (Å²) in [6.45, 7) is 13.3. The predicted molar refractivity (Wildman–Crippen MR) is 234 cm³/mol. The molecule has 3 aromatic carbocycles. The number of anilines is 2. The van der Waals surface area contributed by atoms with Crippen LogP contribution in [0.2, 0.25) is 5.02 Å². The zero-order valence-electron chi connectivity index (χ0n) is 35.5. The summed E-state index contributed by atoms with van der Waals surface area (Å²) in [4.78, 5) is 51.2. The minimum atomic E-state index is -0.848. The Kier molecular flexibility index (Phi) is 15.3. The highest BCUT2D eigenvalue weighted by Gasteiger charge is 2.37. The second kappa shape index (κ2) is 20.8. The Balaban J connectivity index is 1.20. The van der Waals surface area contributed by atoms with Gasteiger partial charge in [-0.2, -0.15) is 0 Å². The molecule has 2 aliphatic heterocycles. The van der Waals surface area contributed by atoms with Crippen molar-refractivity contribution in [1.29, 1.82) is 0 Å². The van der Waals surface area contributed by atoms with Crippen LogP contribution < -0.4 is 25.0 Å². The van der Waals surface area contributed by atoms with E-state index in [-0.39, 0.29) is 24.2 Å². The largest absolute Gasteiger partial charge is 0.493 e. The fourth-order valence-electron chi connectivity index (χ4n) is 7.69. The minimum Gasteiger partial charge on any atom is -0.493 e. The van der Waals surface area contributed by atoms with Gasteiger partial charge < -0.3 is 34.1 Å². The molecule has 15 heteroatoms. The van der Waals surface area contributed by atoms with Crippen molar-refractivity contribution < 1.29 is 37.7 Å². The normalized spacial score (nSPS) is 15.5. The minimum absolute atomic E-state index is 0.0604. The quantitative estimate of drug-likeness (QED) is 0.127. The molecule has 0 bridgehead atoms. The van der Waals surface area contributed by atoms with Gasteiger partial charge in [0.15, 0.2) is 0 Å². The van der Waals surface area contributed by atoms with E-state index in [1.165, 1.54) is 6.07 Å². The molecule has 13 nitrogen and oxygen atoms in total. The molecular weight excluding hydrogens is 803 g/mol. The molecule has 3 heterocycles. The number of carbonyl (C=O) groups is 3. The number of aromatic nitrogens is 1. The van der Waals surface area contributed by atoms with Crippen LogP contribution in [0.3, 0.4) is 0 Å². The molecule has 2 saturated heterocycles. The number of benzene rings is 3. The van der Waals surface area contributed by atoms with Crippen molar-refractivity contribution in [3.8, 4) is 22.6 Å². The number of piperazine rings is 1. The van der Waals surface area contributed by atoms with Gasteiger partial charge in [0, 0.05) is 80.6 Å². The van der Waals surface area contributed by atoms with Gasteiger partial charge in [-0.1, -0.05) is 48.0 Å². The summed E-state index contributed by atoms with van der Waals surface area (Å²) < 4.78 is 37.7. The van der Waals surface area contributed by atoms with Gasteiger partial charge in [-0.15, -0.1) is 0 Å². The molecule has 0 spiro atoms. The number of hydrogen-bond donors (Lipinski definition) is 2. The molecule has 1 aromatic heterocycles. The second-order valence-electron chi connectivity index (χ2n) is 16.0. The fraction of sp³-hybridized carbons (Fsp3) is 0.435. The Bertz CT molecular complexity index is 2120. The van der Waals surface area contributed by atoms with Crippen LogP contribution >= 0.6 is 11.6 Å². The van der Waals surface area contributed by atoms with Crippen LogP contribution in [0, 0.1) is 11.7 Å². The Morgan fingerprint density at radius 1 is 0.869 bits per heavy atom. The van der Waals surface area contributed by atoms with Crippen LogP contribution in [0.25, 0.3) is 11.1 Å². The van der Waals surface area contributed by atoms with Crippen molar-refractivity contribution in [2.75, 3.05) is 62.7 Å². The lowest BCUT2D eigenvalue weighted by Crippen LogP contribution is -2.58. The molecule has 6 rings (SSSR count). The molecule has 0 radical (unpaired) electrons. The van der Waals surface area contributed by atoms with Gasteiger partial charge in [-0.3, -0.25) is 20.0 Å². The van der Waals surface area contributed by atoms with Crippen LogP contribution in [-0.2, 0) is 27.4 Å². The fourth-order valence-corrected chi connectivity index (χ4v) is 7.91. The Hall–Kier alpha value is -5.60. The number of halogens is 2. The van der Waals surface area contributed by atoms with Gasteiger partial charge in [0.05, 0.1) is 23.9 Å². The lowest BCUT2D eigenvalue weighted by Gasteiger charge is -2.41. The maximum Gasteiger partial charge on any atom is 0.412 e. The van der Waals surface area contributed by atoms with Crippen molar-refractivity contribution in [1.82, 2.24) is 20.1 Å². The summed E-state index contributed by atoms with van der Waals surface area (Å²) in [6.07, 6.45) is 3.11. The molecule has 2 aliphatic rings. The molecule has 4 aromatic rings. The third kappa shape index (κ3) is 12.0. The second-order valence-corrected chi connectivity index (χ2v) is 16.4. The van der Waals surface area contributed by atoms with Crippen LogP contribution in [0.1, 0.15) is 58.6 Å². The summed E-state index contributed by atoms with van der Waals surface area (Å²) >= 11 is 6.81. The maximum atomic E-state index is 14.9. The first-order chi connectivity index (χ1) is 29.3. The SMILES string of the molecule is CCOc1cc(-c2cnccc2NC(=O)OC(C)(C)C)c(N2CCC([C@@H](NC(=O)OCc3ccccc3)C(=O)N3CCN(Cc4c(F)cccc4OCC)CC3)CC2)cc1Cl. The highest BCUT2D eigenvalue weighted by Crippen LogP contribution is 2.43. The first-order valence-electron chi connectivity index (χ1n) is 20.9. The first-order valence-corrected chi connectivity index (χ1v) is 21.3. The summed E-state index contributed by atoms with van der Waals surface area (Å²) in [5.74, 6) is 0.268. The molecule has 2 fully saturated rings. The van der Waals surface area contributed by atoms with Crippen molar-refractivity contribution >= 4 is 41.1 Å². The van der Waals surface area contributed by atoms with Crippen LogP contribution in [0.15, 0.2) is 79.1 Å². The summed E-state index contributed by atoms with van der Waals surface area (Å²) in [5, 5.41) is 6.25. The highest BCUT2D eigenvalue weighted by molar-refractivity contribution is 6.32. The van der Waals surface area contributed by atoms with E-state index in [1.807, 2.05) is 56.3 Å². The number of piperidine rings is 1. The topological polar surface area (TPSA) is 135 Å². The van der Waals surface area contributed by atoms with E-state index in [2.05, 4.69) is 25.4 Å². The molecule has 61 heavy (non-hydrogen) atoms. The Labute approximate surface area is 362 Å². The monoisotopic (exact) mass is 858 g/mol. The first kappa shape index (κ1) is 44.9. The molecule has 3 amide bonds. The van der Waals surface area contributed by atoms with E-state index in [1.54, 1.807) is 56.3 Å². The number of hydrogen-bond acceptors (Lipinski definition) is 10. The summed E-state index contributed by atoms with van der Waals surface area (Å²) in [6, 6.07) is 18.8. The molecule has 326 valence electrons. The van der Waals surface area contributed by atoms with E-state index in [0.29, 0.717) is 105 Å². The van der Waals surface area contributed by atoms with Gasteiger partial charge >= 0.3 is 12.2 Å². The molecule has 0 unspecified atom stereocenters. The van der Waals surface area contributed by atoms with Gasteiger partial charge in [0.2, 0.25) is 5.91 Å². The Morgan fingerprint density at radius 2 is 1.57 bits per heavy atom. The number of rotatable bonds is 14. The van der Waals surface area contributed by atoms with E-state index < -0.39 is 23.8 Å². The number of carbonyl (C=O) groups excluding carboxylic acids is 3. The van der Waals surface area contributed by atoms with Gasteiger partial charge in [-0.25, -0.2) is 14.0 Å². The average Bonchev–Trinajstić information content (AvgIpc) is 3.24. The van der Waals surface area contributed by atoms with Gasteiger partial charge in [0.1, 0.15) is 35.6 Å². The van der Waals surface area contributed by atoms with E-state index in [4.69, 9.17) is 30.5 Å². The number of amides is 3. The number of alkyl carbamates (subject to hydrolysis) is 1. The number of nitrogens with one attached hydrogen (secondary N) is 2. The Morgan fingerprint density at radius 3 is 2.26 bits per heavy atom. The molecule has 2 N–H and O–H groups in total. The van der Waals surface area contributed by atoms with Crippen LogP contribution in [-0.4, -0.2) is 97.0 Å². The average molecular weight is 859 g/mol. The molecular formula is C46H56ClFN6O7. The van der Waals surface area contributed by atoms with Crippen molar-refractivity contribution in [2.45, 2.75) is 72.3 Å². The molecule has 0 saturated carbocycles. The van der Waals surface area contributed by atoms with Crippen LogP contribution in [0.4, 0.5) is 25.4 Å². The van der Waals surface area contributed by atoms with Crippen molar-refractivity contribution in [3.63, 3.8) is 0 Å². The lowest BCUT2D eigenvalue weighted by molar-refractivity contribution is -0.136. The van der Waals surface area contributed by atoms with Crippen LogP contribution in [0.5, 0.6) is 11.5 Å². The van der Waals surface area contributed by atoms with Crippen molar-refractivity contribution in [3.05, 3.63) is 101 Å². The molecule has 0 aliphatic carbocycles. The van der Waals surface area contributed by atoms with E-state index in [9.17, 15) is 18.8 Å². The maximum absolute atomic E-state index is 14.9. The smallest absolute Gasteiger partial charge is 0.412 e. The van der Waals surface area contributed by atoms with E-state index in [0.717, 1.165) is 16.8 Å². The number of pyridine rings is 1. The standard InChI is InChI=1S/C46H56ClFN6O7/c1-6-58-40-15-11-14-37(48)35(40)29-52-22-24-54(25-23-52)43(55)42(51-44(56)60-30-31-12-9-8-10-13-31)32-17-20-53(21-18-32)39-27-36(47)41(59-7-2)26-33(39)34-28-49-19-16-38(34)50-45(57)61-46(3,4)5/h8-16,19,26-28,32,42H,6-7,17-18,20-25,29-30H2,1-5H3,(H,51,56)(H,49,50,57)/t42-/m1/s1. The third-order valence-electron chi connectivity index (χ3n) is 10.6. The summed E-state index contributed by atoms with van der Waals surface area (Å²) in [7, 11) is 0. The van der Waals surface area contributed by atoms with Gasteiger partial charge in [0.25, 0.3) is 0 Å². The van der Waals surface area contributed by atoms with Gasteiger partial charge in [-0.05, 0) is 89.3 Å². The number of ether oxygens (including phenoxy) is 4. The summed E-state index contributed by atoms with van der Waals surface area (Å²) in [5.41, 5.74) is 3.29. The zero-order valence-corrected chi connectivity index (χ0v) is 36.3. The van der Waals surface area contributed by atoms with Crippen molar-refractivity contribution in [2.24, 2.45) is 5.92 Å². The third-order valence-corrected chi connectivity index (χ3v) is 10.9. The highest BCUT2D eigenvalue weighted by atomic mass is 35.5. The zero-order chi connectivity index (χ0) is 43.5. The lowest BCUT2D eigenvalue weighted by atomic mass is 9.87. The number of nitrogens with zero attached hydrogens (tertiary/aromatic N) is 4. The predicted octanol–water partition coefficient (Wildman–Crippen LogP) is 8.54. The molecule has 1 atom stereocenters.